The first-order valence-electron chi connectivity index (χ1n) is 11.9. The summed E-state index contributed by atoms with van der Waals surface area (Å²) in [6.45, 7) is 0. The molecule has 11 heteroatoms. The molecule has 0 saturated carbocycles. The number of benzene rings is 3. The Morgan fingerprint density at radius 2 is 1.72 bits per heavy atom. The molecule has 0 spiro atoms. The highest BCUT2D eigenvalue weighted by atomic mass is 32.2. The molecule has 39 heavy (non-hydrogen) atoms. The fourth-order valence-electron chi connectivity index (χ4n) is 4.03. The number of anilines is 2. The van der Waals surface area contributed by atoms with Crippen LogP contribution in [-0.2, 0) is 4.79 Å². The molecule has 8 nitrogen and oxygen atoms in total. The van der Waals surface area contributed by atoms with E-state index in [1.165, 1.54) is 27.7 Å². The first-order valence-corrected chi connectivity index (χ1v) is 14.2. The van der Waals surface area contributed by atoms with Crippen molar-refractivity contribution in [3.8, 4) is 17.1 Å². The Morgan fingerprint density at radius 3 is 2.41 bits per heavy atom. The number of para-hydroxylation sites is 3. The SMILES string of the molecule is COc1ccccc1-n1c(SCC(=O)Nc2ccc(N(C)C)cc2)nc2c(sc(=S)n2-c2ccccc2)c1=O. The van der Waals surface area contributed by atoms with E-state index in [1.54, 1.807) is 23.8 Å². The molecule has 0 bridgehead atoms. The number of hydrogen-bond acceptors (Lipinski definition) is 8. The predicted octanol–water partition coefficient (Wildman–Crippen LogP) is 5.77. The number of carbonyl (C=O) groups excluding carboxylic acids is 1. The Kier molecular flexibility index (Phi) is 7.82. The van der Waals surface area contributed by atoms with Gasteiger partial charge in [0.25, 0.3) is 5.56 Å². The maximum atomic E-state index is 13.9. The van der Waals surface area contributed by atoms with Crippen molar-refractivity contribution in [2.45, 2.75) is 5.16 Å². The molecule has 0 aliphatic heterocycles. The van der Waals surface area contributed by atoms with Gasteiger partial charge in [0.15, 0.2) is 14.8 Å². The molecule has 0 aliphatic rings. The standard InChI is InChI=1S/C28H25N5O3S3/c1-31(2)19-15-13-18(14-16-19)29-23(34)17-38-27-30-25-24(39-28(37)32(25)20-9-5-4-6-10-20)26(35)33(27)21-11-7-8-12-22(21)36-3/h4-16H,17H2,1-3H3,(H,29,34). The van der Waals surface area contributed by atoms with Gasteiger partial charge in [0, 0.05) is 31.2 Å². The van der Waals surface area contributed by atoms with Crippen molar-refractivity contribution < 1.29 is 9.53 Å². The number of nitrogens with zero attached hydrogens (tertiary/aromatic N) is 4. The Labute approximate surface area is 238 Å². The minimum absolute atomic E-state index is 0.0404. The smallest absolute Gasteiger partial charge is 0.278 e. The molecular weight excluding hydrogens is 551 g/mol. The maximum Gasteiger partial charge on any atom is 0.278 e. The van der Waals surface area contributed by atoms with E-state index in [4.69, 9.17) is 21.9 Å². The first kappa shape index (κ1) is 26.7. The van der Waals surface area contributed by atoms with Crippen molar-refractivity contribution in [1.29, 1.82) is 0 Å². The summed E-state index contributed by atoms with van der Waals surface area (Å²) in [4.78, 5) is 33.7. The molecule has 2 aromatic heterocycles. The topological polar surface area (TPSA) is 81.4 Å². The summed E-state index contributed by atoms with van der Waals surface area (Å²) in [6, 6.07) is 24.3. The van der Waals surface area contributed by atoms with Gasteiger partial charge in [-0.2, -0.15) is 0 Å². The van der Waals surface area contributed by atoms with Crippen LogP contribution >= 0.6 is 35.3 Å². The third-order valence-corrected chi connectivity index (χ3v) is 8.21. The van der Waals surface area contributed by atoms with Crippen LogP contribution in [0.1, 0.15) is 0 Å². The van der Waals surface area contributed by atoms with Crippen molar-refractivity contribution in [3.05, 3.63) is 93.2 Å². The number of amides is 1. The van der Waals surface area contributed by atoms with Crippen LogP contribution in [0.4, 0.5) is 11.4 Å². The van der Waals surface area contributed by atoms with Crippen molar-refractivity contribution in [2.24, 2.45) is 0 Å². The molecule has 5 aromatic rings. The lowest BCUT2D eigenvalue weighted by Crippen LogP contribution is -2.23. The van der Waals surface area contributed by atoms with Gasteiger partial charge in [0.1, 0.15) is 10.4 Å². The van der Waals surface area contributed by atoms with Gasteiger partial charge in [-0.3, -0.25) is 18.7 Å². The molecule has 0 atom stereocenters. The monoisotopic (exact) mass is 575 g/mol. The molecule has 3 aromatic carbocycles. The lowest BCUT2D eigenvalue weighted by atomic mass is 10.2. The summed E-state index contributed by atoms with van der Waals surface area (Å²) in [5.74, 6) is 0.335. The fourth-order valence-corrected chi connectivity index (χ4v) is 6.13. The zero-order valence-corrected chi connectivity index (χ0v) is 23.9. The van der Waals surface area contributed by atoms with E-state index in [-0.39, 0.29) is 17.2 Å². The quantitative estimate of drug-likeness (QED) is 0.143. The Bertz CT molecular complexity index is 1760. The van der Waals surface area contributed by atoms with Crippen LogP contribution in [0.15, 0.2) is 88.8 Å². The van der Waals surface area contributed by atoms with E-state index in [0.717, 1.165) is 11.4 Å². The number of nitrogens with one attached hydrogen (secondary N) is 1. The summed E-state index contributed by atoms with van der Waals surface area (Å²) in [5, 5.41) is 3.27. The fraction of sp³-hybridized carbons (Fsp3) is 0.143. The van der Waals surface area contributed by atoms with Crippen LogP contribution in [0.3, 0.4) is 0 Å². The second-order valence-corrected chi connectivity index (χ2v) is 11.3. The third-order valence-electron chi connectivity index (χ3n) is 5.92. The normalized spacial score (nSPS) is 10.9. The summed E-state index contributed by atoms with van der Waals surface area (Å²) >= 11 is 8.03. The lowest BCUT2D eigenvalue weighted by Gasteiger charge is -2.15. The van der Waals surface area contributed by atoms with Crippen molar-refractivity contribution in [2.75, 3.05) is 37.2 Å². The van der Waals surface area contributed by atoms with Crippen molar-refractivity contribution in [3.63, 3.8) is 0 Å². The highest BCUT2D eigenvalue weighted by molar-refractivity contribution is 7.99. The van der Waals surface area contributed by atoms with E-state index < -0.39 is 0 Å². The summed E-state index contributed by atoms with van der Waals surface area (Å²) in [5.41, 5.74) is 3.24. The van der Waals surface area contributed by atoms with Crippen molar-refractivity contribution >= 4 is 62.9 Å². The van der Waals surface area contributed by atoms with E-state index in [1.807, 2.05) is 85.7 Å². The van der Waals surface area contributed by atoms with E-state index >= 15 is 0 Å². The van der Waals surface area contributed by atoms with Gasteiger partial charge >= 0.3 is 0 Å². The van der Waals surface area contributed by atoms with Crippen molar-refractivity contribution in [1.82, 2.24) is 14.1 Å². The molecule has 2 heterocycles. The number of aromatic nitrogens is 3. The number of thioether (sulfide) groups is 1. The highest BCUT2D eigenvalue weighted by Gasteiger charge is 2.21. The molecule has 0 aliphatic carbocycles. The lowest BCUT2D eigenvalue weighted by molar-refractivity contribution is -0.113. The van der Waals surface area contributed by atoms with Crippen LogP contribution < -0.4 is 20.5 Å². The molecule has 198 valence electrons. The average molecular weight is 576 g/mol. The third kappa shape index (κ3) is 5.47. The molecule has 1 amide bonds. The second kappa shape index (κ2) is 11.4. The number of hydrogen-bond donors (Lipinski definition) is 1. The van der Waals surface area contributed by atoms with Gasteiger partial charge in [0.2, 0.25) is 5.91 Å². The van der Waals surface area contributed by atoms with Gasteiger partial charge in [-0.15, -0.1) is 0 Å². The predicted molar refractivity (Wildman–Crippen MR) is 162 cm³/mol. The number of ether oxygens (including phenoxy) is 1. The summed E-state index contributed by atoms with van der Waals surface area (Å²) in [7, 11) is 5.46. The number of rotatable bonds is 8. The van der Waals surface area contributed by atoms with Crippen LogP contribution in [-0.4, -0.2) is 47.0 Å². The van der Waals surface area contributed by atoms with Gasteiger partial charge in [-0.25, -0.2) is 4.98 Å². The summed E-state index contributed by atoms with van der Waals surface area (Å²) in [6.07, 6.45) is 0. The number of thiazole rings is 1. The minimum Gasteiger partial charge on any atom is -0.495 e. The molecule has 0 fully saturated rings. The maximum absolute atomic E-state index is 13.9. The van der Waals surface area contributed by atoms with Crippen LogP contribution in [0.5, 0.6) is 5.75 Å². The molecular formula is C28H25N5O3S3. The zero-order valence-electron chi connectivity index (χ0n) is 21.5. The number of fused-ring (bicyclic) bond motifs is 1. The summed E-state index contributed by atoms with van der Waals surface area (Å²) < 4.78 is 9.76. The molecule has 0 unspecified atom stereocenters. The Balaban J connectivity index is 1.56. The Morgan fingerprint density at radius 1 is 1.03 bits per heavy atom. The second-order valence-electron chi connectivity index (χ2n) is 8.68. The van der Waals surface area contributed by atoms with Gasteiger partial charge in [0.05, 0.1) is 18.6 Å². The number of carbonyl (C=O) groups is 1. The average Bonchev–Trinajstić information content (AvgIpc) is 3.28. The van der Waals surface area contributed by atoms with E-state index in [2.05, 4.69) is 5.32 Å². The minimum atomic E-state index is -0.280. The molecule has 5 rings (SSSR count). The highest BCUT2D eigenvalue weighted by Crippen LogP contribution is 2.30. The van der Waals surface area contributed by atoms with E-state index in [0.29, 0.717) is 36.6 Å². The van der Waals surface area contributed by atoms with E-state index in [9.17, 15) is 9.59 Å². The largest absolute Gasteiger partial charge is 0.495 e. The first-order chi connectivity index (χ1) is 18.9. The zero-order chi connectivity index (χ0) is 27.5. The molecule has 0 saturated heterocycles. The Hall–Kier alpha value is -3.93. The van der Waals surface area contributed by atoms with Crippen LogP contribution in [0.25, 0.3) is 21.7 Å². The van der Waals surface area contributed by atoms with Gasteiger partial charge in [-0.1, -0.05) is 53.4 Å². The van der Waals surface area contributed by atoms with Gasteiger partial charge in [-0.05, 0) is 60.7 Å². The molecule has 1 N–H and O–H groups in total. The molecule has 0 radical (unpaired) electrons. The number of methoxy groups -OCH3 is 1. The van der Waals surface area contributed by atoms with Crippen LogP contribution in [0, 0.1) is 3.95 Å². The van der Waals surface area contributed by atoms with Gasteiger partial charge < -0.3 is 15.0 Å². The van der Waals surface area contributed by atoms with Crippen LogP contribution in [0.2, 0.25) is 0 Å².